The monoisotopic (exact) mass is 1650 g/mol. The lowest BCUT2D eigenvalue weighted by Gasteiger charge is -2.25. The number of aliphatic hydroxyl groups excluding tert-OH is 8. The Morgan fingerprint density at radius 1 is 0.479 bits per heavy atom. The Morgan fingerprint density at radius 3 is 1.16 bits per heavy atom. The molecule has 0 bridgehead atoms. The van der Waals surface area contributed by atoms with E-state index in [9.17, 15) is 49.5 Å². The van der Waals surface area contributed by atoms with Crippen molar-refractivity contribution in [3.63, 3.8) is 0 Å². The van der Waals surface area contributed by atoms with Crippen molar-refractivity contribution in [1.82, 2.24) is 8.75 Å². The number of azo groups is 2. The van der Waals surface area contributed by atoms with E-state index in [0.29, 0.717) is 157 Å². The number of esters is 2. The smallest absolute Gasteiger partial charge is 0.333 e. The maximum atomic E-state index is 12.4. The van der Waals surface area contributed by atoms with Crippen LogP contribution in [0.15, 0.2) is 154 Å². The van der Waals surface area contributed by atoms with Gasteiger partial charge >= 0.3 is 11.9 Å². The van der Waals surface area contributed by atoms with E-state index >= 15 is 0 Å². The van der Waals surface area contributed by atoms with E-state index in [1.807, 2.05) is 101 Å². The summed E-state index contributed by atoms with van der Waals surface area (Å²) < 4.78 is 18.6. The van der Waals surface area contributed by atoms with Gasteiger partial charge in [0, 0.05) is 136 Å². The minimum atomic E-state index is -0.558. The summed E-state index contributed by atoms with van der Waals surface area (Å²) >= 11 is 2.14. The fraction of sp³-hybridized carbons (Fsp3) is 0.407. The minimum absolute atomic E-state index is 0.00415. The number of aromatic nitrogens is 2. The zero-order valence-corrected chi connectivity index (χ0v) is 69.0. The molecule has 14 N–H and O–H groups in total. The van der Waals surface area contributed by atoms with Crippen molar-refractivity contribution in [1.29, 1.82) is 10.5 Å². The largest absolute Gasteiger partial charge is 0.461 e. The van der Waals surface area contributed by atoms with Crippen LogP contribution in [0.2, 0.25) is 0 Å². The number of amides is 4. The van der Waals surface area contributed by atoms with Crippen molar-refractivity contribution in [2.45, 2.75) is 87.0 Å². The highest BCUT2D eigenvalue weighted by Gasteiger charge is 2.19. The van der Waals surface area contributed by atoms with Gasteiger partial charge < -0.3 is 102 Å². The average Bonchev–Trinajstić information content (AvgIpc) is 1.82. The second-order valence-corrected chi connectivity index (χ2v) is 26.7. The van der Waals surface area contributed by atoms with Crippen LogP contribution in [0.3, 0.4) is 0 Å². The first kappa shape index (κ1) is 99.5. The number of anilines is 10. The summed E-state index contributed by atoms with van der Waals surface area (Å²) in [6.45, 7) is 23.4. The van der Waals surface area contributed by atoms with Crippen LogP contribution in [0.5, 0.6) is 0 Å². The Balaban J connectivity index is 0.000000397. The van der Waals surface area contributed by atoms with Gasteiger partial charge in [-0.1, -0.05) is 52.1 Å². The van der Waals surface area contributed by atoms with Crippen LogP contribution in [0, 0.1) is 36.5 Å². The van der Waals surface area contributed by atoms with Gasteiger partial charge in [-0.25, -0.2) is 9.59 Å². The molecule has 0 radical (unpaired) electrons. The number of nitriles is 2. The Hall–Kier alpha value is -11.7. The molecule has 5 aromatic carbocycles. The van der Waals surface area contributed by atoms with Crippen LogP contribution < -0.4 is 51.5 Å². The Labute approximate surface area is 690 Å². The Kier molecular flexibility index (Phi) is 48.8. The topological polar surface area (TPSA) is 496 Å². The molecule has 2 heterocycles. The number of nitrogens with one attached hydrogen (secondary N) is 4. The standard InChI is InChI=1S/C26H30N6O5S.C19H24N6O3S.C14H22N2O3.C12H18N2O3.C10H16N2O2/c1-6-8-23(33)28-22-15-19(9-10-21(22)29-30-25-20(16-27)18(5)31-38-25)32(11-13-36-24(34)7-2)12-14-37-26(35)17(3)4;1-3-4-18(28)21-17-11-14(25(7-9-26)8-10-27)5-6-16(17)22-23-19-15(12-20)13(2)24-29-19;1-2-4-14(19)15-12-5-3-6-13(11-12)16(7-9-17)8-10-18;1-10(17)13-11-3-2-4-12(9-11)14(5-7-15)6-8-16;11-9-2-1-3-10(8-9)12(4-6-13)5-7-14/h7,9-10,15H,2-3,6,8,11-14H2,1,4-5H3,(H,28,33);5-6,11,26-27H,3-4,7-10H2,1-2H3,(H,21,28);3,5-6,11,17-18H,2,4,7-10H2,1H3,(H,15,19);2-4,9,15-16H,5-8H2,1H3,(H,13,17);1-3,8,13-14H,4-7,11H2. The highest BCUT2D eigenvalue weighted by atomic mass is 32.1. The molecule has 7 aromatic rings. The number of nitrogen functional groups attached to an aromatic ring is 1. The number of rotatable bonds is 43. The molecule has 0 saturated heterocycles. The normalized spacial score (nSPS) is 10.4. The molecule has 2 aromatic heterocycles. The first-order valence-electron chi connectivity index (χ1n) is 37.7. The molecule has 4 amide bonds. The molecule has 0 saturated carbocycles. The molecule has 0 spiro atoms. The first-order valence-corrected chi connectivity index (χ1v) is 39.2. The summed E-state index contributed by atoms with van der Waals surface area (Å²) in [7, 11) is 0. The van der Waals surface area contributed by atoms with Gasteiger partial charge in [0.15, 0.2) is 10.0 Å². The SMILES string of the molecule is C=CC(=O)OCCN(CCOC(=O)C(=C)C)c1ccc(N=Nc2snc(C)c2C#N)c(NC(=O)CCC)c1.CC(=O)Nc1cccc(N(CCO)CCO)c1.CCCC(=O)Nc1cc(N(CCO)CCO)ccc1N=Nc1snc(C)c1C#N.CCCC(=O)Nc1cccc(N(CCO)CCO)c1.Nc1cccc(N(CCO)CCO)c1. The fourth-order valence-electron chi connectivity index (χ4n) is 10.4. The third-order valence-electron chi connectivity index (χ3n) is 16.0. The van der Waals surface area contributed by atoms with Gasteiger partial charge in [0.05, 0.1) is 88.7 Å². The zero-order valence-electron chi connectivity index (χ0n) is 67.3. The summed E-state index contributed by atoms with van der Waals surface area (Å²) in [4.78, 5) is 79.6. The van der Waals surface area contributed by atoms with Gasteiger partial charge in [0.2, 0.25) is 23.6 Å². The predicted octanol–water partition coefficient (Wildman–Crippen LogP) is 10.1. The molecule has 7 rings (SSSR count). The maximum absolute atomic E-state index is 12.4. The molecule has 0 aliphatic heterocycles. The quantitative estimate of drug-likeness (QED) is 0.00731. The fourth-order valence-corrected chi connectivity index (χ4v) is 11.8. The number of nitrogens with zero attached hydrogens (tertiary/aromatic N) is 13. The van der Waals surface area contributed by atoms with Crippen LogP contribution in [-0.2, 0) is 38.2 Å². The van der Waals surface area contributed by atoms with E-state index in [-0.39, 0.29) is 108 Å². The number of carbonyl (C=O) groups excluding carboxylic acids is 6. The Morgan fingerprint density at radius 2 is 0.821 bits per heavy atom. The van der Waals surface area contributed by atoms with E-state index in [1.54, 1.807) is 74.2 Å². The number of nitrogens with two attached hydrogens (primary N) is 1. The summed E-state index contributed by atoms with van der Waals surface area (Å²) in [5.41, 5.74) is 15.6. The van der Waals surface area contributed by atoms with Crippen LogP contribution in [0.1, 0.15) is 95.7 Å². The first-order chi connectivity index (χ1) is 56.4. The van der Waals surface area contributed by atoms with Crippen molar-refractivity contribution in [2.75, 3.05) is 183 Å². The number of benzene rings is 5. The number of hydrogen-bond acceptors (Lipinski definition) is 32. The zero-order chi connectivity index (χ0) is 86.5. The molecule has 0 fully saturated rings. The summed E-state index contributed by atoms with van der Waals surface area (Å²) in [5.74, 6) is -1.55. The molecular weight excluding hydrogens is 1550 g/mol. The van der Waals surface area contributed by atoms with Crippen molar-refractivity contribution >= 4 is 137 Å². The van der Waals surface area contributed by atoms with E-state index in [1.165, 1.54) is 6.92 Å². The molecule has 0 aliphatic rings. The predicted molar refractivity (Wildman–Crippen MR) is 458 cm³/mol. The van der Waals surface area contributed by atoms with Crippen LogP contribution in [0.4, 0.5) is 78.3 Å². The number of ether oxygens (including phenoxy) is 2. The van der Waals surface area contributed by atoms with Crippen LogP contribution >= 0.6 is 23.1 Å². The number of aliphatic hydroxyl groups is 8. The van der Waals surface area contributed by atoms with Crippen LogP contribution in [0.25, 0.3) is 0 Å². The molecule has 632 valence electrons. The van der Waals surface area contributed by atoms with Gasteiger partial charge in [-0.15, -0.1) is 20.5 Å². The summed E-state index contributed by atoms with van der Waals surface area (Å²) in [6.07, 6.45) is 4.42. The average molecular weight is 1660 g/mol. The third-order valence-corrected chi connectivity index (χ3v) is 17.7. The van der Waals surface area contributed by atoms with E-state index < -0.39 is 11.9 Å². The van der Waals surface area contributed by atoms with Crippen molar-refractivity contribution in [3.8, 4) is 12.1 Å². The van der Waals surface area contributed by atoms with E-state index in [0.717, 1.165) is 64.0 Å². The van der Waals surface area contributed by atoms with E-state index in [4.69, 9.17) is 45.8 Å². The second-order valence-electron chi connectivity index (χ2n) is 25.2. The number of aryl methyl sites for hydroxylation is 2. The second kappa shape index (κ2) is 57.4. The minimum Gasteiger partial charge on any atom is -0.461 e. The highest BCUT2D eigenvalue weighted by Crippen LogP contribution is 2.37. The molecule has 0 unspecified atom stereocenters. The number of hydrogen-bond donors (Lipinski definition) is 13. The number of carbonyl (C=O) groups is 6. The van der Waals surface area contributed by atoms with Gasteiger partial charge in [-0.2, -0.15) is 19.3 Å². The molecule has 36 heteroatoms. The lowest BCUT2D eigenvalue weighted by molar-refractivity contribution is -0.138. The molecule has 0 atom stereocenters. The van der Waals surface area contributed by atoms with Gasteiger partial charge in [0.25, 0.3) is 0 Å². The molecule has 34 nitrogen and oxygen atoms in total. The van der Waals surface area contributed by atoms with Gasteiger partial charge in [-0.3, -0.25) is 19.2 Å². The summed E-state index contributed by atoms with van der Waals surface area (Å²) in [5, 5.41) is 120. The van der Waals surface area contributed by atoms with Crippen LogP contribution in [-0.4, -0.2) is 217 Å². The molecule has 0 aliphatic carbocycles. The van der Waals surface area contributed by atoms with Crippen molar-refractivity contribution < 1.29 is 79.1 Å². The lowest BCUT2D eigenvalue weighted by Crippen LogP contribution is -2.32. The third kappa shape index (κ3) is 37.2. The molecule has 117 heavy (non-hydrogen) atoms. The summed E-state index contributed by atoms with van der Waals surface area (Å²) in [6, 6.07) is 36.6. The van der Waals surface area contributed by atoms with Gasteiger partial charge in [0.1, 0.15) is 47.9 Å². The maximum Gasteiger partial charge on any atom is 0.333 e. The lowest BCUT2D eigenvalue weighted by atomic mass is 10.2. The van der Waals surface area contributed by atoms with E-state index in [2.05, 4.69) is 75.8 Å². The Bertz CT molecular complexity index is 4370. The van der Waals surface area contributed by atoms with Crippen molar-refractivity contribution in [2.24, 2.45) is 20.5 Å². The van der Waals surface area contributed by atoms with Crippen molar-refractivity contribution in [3.05, 3.63) is 157 Å². The van der Waals surface area contributed by atoms with Gasteiger partial charge in [-0.05, 0) is 154 Å². The highest BCUT2D eigenvalue weighted by molar-refractivity contribution is 7.10. The molecular formula is C81H110N18O16S2.